The van der Waals surface area contributed by atoms with Crippen molar-refractivity contribution in [2.45, 2.75) is 25.2 Å². The molecule has 130 valence electrons. The Morgan fingerprint density at radius 2 is 2.08 bits per heavy atom. The molecule has 1 atom stereocenters. The van der Waals surface area contributed by atoms with Crippen molar-refractivity contribution in [3.8, 4) is 0 Å². The molecule has 0 saturated heterocycles. The van der Waals surface area contributed by atoms with Crippen molar-refractivity contribution < 1.29 is 24.0 Å². The molecule has 0 amide bonds. The minimum atomic E-state index is -0.981. The summed E-state index contributed by atoms with van der Waals surface area (Å²) in [5, 5.41) is 11.4. The van der Waals surface area contributed by atoms with Gasteiger partial charge in [-0.15, -0.1) is 0 Å². The van der Waals surface area contributed by atoms with Crippen LogP contribution in [-0.2, 0) is 19.1 Å². The van der Waals surface area contributed by atoms with Gasteiger partial charge in [0, 0.05) is 30.0 Å². The van der Waals surface area contributed by atoms with Crippen LogP contribution in [0, 0.1) is 10.1 Å². The summed E-state index contributed by atoms with van der Waals surface area (Å²) in [6.07, 6.45) is 1.36. The van der Waals surface area contributed by atoms with Gasteiger partial charge in [0.15, 0.2) is 5.78 Å². The molecule has 8 heteroatoms. The van der Waals surface area contributed by atoms with E-state index in [1.165, 1.54) is 25.3 Å². The minimum absolute atomic E-state index is 0.0919. The topological polar surface area (TPSA) is 122 Å². The number of rotatable bonds is 3. The highest BCUT2D eigenvalue weighted by atomic mass is 16.6. The molecule has 0 fully saturated rings. The summed E-state index contributed by atoms with van der Waals surface area (Å²) in [6.45, 7) is 0. The smallest absolute Gasteiger partial charge is 0.340 e. The Hall–Kier alpha value is -3.16. The maximum atomic E-state index is 12.5. The third-order valence-corrected chi connectivity index (χ3v) is 4.33. The number of carbonyl (C=O) groups is 2. The molecule has 2 aliphatic rings. The number of allylic oxidation sites excluding steroid dienone is 2. The number of hydrogen-bond donors (Lipinski definition) is 1. The van der Waals surface area contributed by atoms with Crippen LogP contribution >= 0.6 is 0 Å². The van der Waals surface area contributed by atoms with E-state index >= 15 is 0 Å². The fraction of sp³-hybridized carbons (Fsp3) is 0.294. The fourth-order valence-electron chi connectivity index (χ4n) is 3.27. The lowest BCUT2D eigenvalue weighted by Gasteiger charge is -2.32. The predicted octanol–water partition coefficient (Wildman–Crippen LogP) is 2.06. The van der Waals surface area contributed by atoms with Crippen LogP contribution in [0.3, 0.4) is 0 Å². The van der Waals surface area contributed by atoms with Crippen molar-refractivity contribution in [2.24, 2.45) is 5.73 Å². The minimum Gasteiger partial charge on any atom is -0.465 e. The third kappa shape index (κ3) is 2.75. The lowest BCUT2D eigenvalue weighted by Crippen LogP contribution is -2.31. The first-order chi connectivity index (χ1) is 12.0. The van der Waals surface area contributed by atoms with Crippen LogP contribution in [0.15, 0.2) is 47.1 Å². The Balaban J connectivity index is 2.28. The second kappa shape index (κ2) is 6.39. The molecule has 1 aromatic rings. The average Bonchev–Trinajstić information content (AvgIpc) is 2.60. The molecule has 0 unspecified atom stereocenters. The number of nitro groups is 1. The largest absolute Gasteiger partial charge is 0.465 e. The predicted molar refractivity (Wildman–Crippen MR) is 86.0 cm³/mol. The van der Waals surface area contributed by atoms with Gasteiger partial charge >= 0.3 is 5.97 Å². The zero-order valence-corrected chi connectivity index (χ0v) is 13.5. The summed E-state index contributed by atoms with van der Waals surface area (Å²) in [6, 6.07) is 5.96. The van der Waals surface area contributed by atoms with Crippen molar-refractivity contribution in [3.05, 3.63) is 62.7 Å². The van der Waals surface area contributed by atoms with Crippen LogP contribution in [0.2, 0.25) is 0 Å². The summed E-state index contributed by atoms with van der Waals surface area (Å²) < 4.78 is 10.3. The van der Waals surface area contributed by atoms with E-state index in [9.17, 15) is 19.7 Å². The Morgan fingerprint density at radius 1 is 1.36 bits per heavy atom. The molecular weight excluding hydrogens is 328 g/mol. The van der Waals surface area contributed by atoms with Gasteiger partial charge in [0.05, 0.1) is 18.0 Å². The van der Waals surface area contributed by atoms with E-state index in [4.69, 9.17) is 15.2 Å². The molecule has 8 nitrogen and oxygen atoms in total. The first-order valence-corrected chi connectivity index (χ1v) is 7.71. The van der Waals surface area contributed by atoms with Gasteiger partial charge in [-0.1, -0.05) is 18.2 Å². The van der Waals surface area contributed by atoms with Crippen LogP contribution in [0.5, 0.6) is 0 Å². The van der Waals surface area contributed by atoms with Crippen LogP contribution in [0.1, 0.15) is 30.7 Å². The molecule has 1 aliphatic heterocycles. The average molecular weight is 344 g/mol. The second-order valence-electron chi connectivity index (χ2n) is 5.73. The molecule has 25 heavy (non-hydrogen) atoms. The maximum Gasteiger partial charge on any atom is 0.340 e. The van der Waals surface area contributed by atoms with Gasteiger partial charge in [0.2, 0.25) is 5.88 Å². The number of nitro benzene ring substituents is 1. The number of nitrogens with zero attached hydrogens (tertiary/aromatic N) is 1. The lowest BCUT2D eigenvalue weighted by atomic mass is 9.76. The van der Waals surface area contributed by atoms with E-state index in [0.717, 1.165) is 0 Å². The van der Waals surface area contributed by atoms with Gasteiger partial charge in [-0.05, 0) is 6.42 Å². The number of hydrogen-bond acceptors (Lipinski definition) is 7. The summed E-state index contributed by atoms with van der Waals surface area (Å²) in [5.41, 5.74) is 6.07. The first kappa shape index (κ1) is 16.7. The molecular formula is C17H16N2O6. The maximum absolute atomic E-state index is 12.5. The Bertz CT molecular complexity index is 839. The standard InChI is InChI=1S/C17H16N2O6/c1-24-17(21)15-13(9-5-2-3-6-10(9)19(22)23)14-11(20)7-4-8-12(14)25-16(15)18/h2-3,5-6,13H,4,7-8,18H2,1H3/t13-/m1/s1. The number of ether oxygens (including phenoxy) is 2. The normalized spacial score (nSPS) is 20.0. The second-order valence-corrected chi connectivity index (χ2v) is 5.73. The number of benzene rings is 1. The Kier molecular flexibility index (Phi) is 4.26. The number of methoxy groups -OCH3 is 1. The number of ketones is 1. The number of carbonyl (C=O) groups excluding carboxylic acids is 2. The molecule has 1 heterocycles. The van der Waals surface area contributed by atoms with Crippen molar-refractivity contribution in [2.75, 3.05) is 7.11 Å². The van der Waals surface area contributed by atoms with Crippen molar-refractivity contribution in [1.29, 1.82) is 0 Å². The van der Waals surface area contributed by atoms with E-state index in [1.54, 1.807) is 6.07 Å². The third-order valence-electron chi connectivity index (χ3n) is 4.33. The number of nitrogens with two attached hydrogens (primary N) is 1. The van der Waals surface area contributed by atoms with Crippen molar-refractivity contribution >= 4 is 17.4 Å². The van der Waals surface area contributed by atoms with E-state index in [0.29, 0.717) is 18.6 Å². The van der Waals surface area contributed by atoms with Gasteiger partial charge in [0.1, 0.15) is 11.3 Å². The molecule has 2 N–H and O–H groups in total. The Labute approximate surface area is 143 Å². The fourth-order valence-corrected chi connectivity index (χ4v) is 3.27. The summed E-state index contributed by atoms with van der Waals surface area (Å²) in [5.74, 6) is -1.80. The van der Waals surface area contributed by atoms with Crippen LogP contribution in [-0.4, -0.2) is 23.8 Å². The first-order valence-electron chi connectivity index (χ1n) is 7.71. The molecule has 0 saturated carbocycles. The molecule has 0 radical (unpaired) electrons. The van der Waals surface area contributed by atoms with Gasteiger partial charge in [-0.3, -0.25) is 14.9 Å². The van der Waals surface area contributed by atoms with Gasteiger partial charge in [0.25, 0.3) is 5.69 Å². The number of esters is 1. The van der Waals surface area contributed by atoms with Crippen LogP contribution in [0.4, 0.5) is 5.69 Å². The van der Waals surface area contributed by atoms with Gasteiger partial charge in [-0.2, -0.15) is 0 Å². The molecule has 1 aliphatic carbocycles. The van der Waals surface area contributed by atoms with Gasteiger partial charge < -0.3 is 15.2 Å². The quantitative estimate of drug-likeness (QED) is 0.506. The van der Waals surface area contributed by atoms with E-state index in [-0.39, 0.29) is 40.5 Å². The van der Waals surface area contributed by atoms with Crippen molar-refractivity contribution in [3.63, 3.8) is 0 Å². The molecule has 0 spiro atoms. The van der Waals surface area contributed by atoms with E-state index in [1.807, 2.05) is 0 Å². The molecule has 0 aromatic heterocycles. The highest BCUT2D eigenvalue weighted by Crippen LogP contribution is 2.46. The Morgan fingerprint density at radius 3 is 2.76 bits per heavy atom. The monoisotopic (exact) mass is 344 g/mol. The SMILES string of the molecule is COC(=O)C1=C(N)OC2=C(C(=O)CCC2)[C@H]1c1ccccc1[N+](=O)[O-]. The number of para-hydroxylation sites is 1. The van der Waals surface area contributed by atoms with Crippen LogP contribution in [0.25, 0.3) is 0 Å². The summed E-state index contributed by atoms with van der Waals surface area (Å²) in [7, 11) is 1.17. The number of Topliss-reactive ketones (excluding diaryl/α,β-unsaturated/α-hetero) is 1. The highest BCUT2D eigenvalue weighted by molar-refractivity contribution is 6.03. The summed E-state index contributed by atoms with van der Waals surface area (Å²) in [4.78, 5) is 35.7. The molecule has 1 aromatic carbocycles. The van der Waals surface area contributed by atoms with Gasteiger partial charge in [-0.25, -0.2) is 4.79 Å². The molecule has 0 bridgehead atoms. The highest BCUT2D eigenvalue weighted by Gasteiger charge is 2.43. The summed E-state index contributed by atoms with van der Waals surface area (Å²) >= 11 is 0. The molecule has 3 rings (SSSR count). The van der Waals surface area contributed by atoms with E-state index in [2.05, 4.69) is 0 Å². The zero-order valence-electron chi connectivity index (χ0n) is 13.5. The lowest BCUT2D eigenvalue weighted by molar-refractivity contribution is -0.385. The van der Waals surface area contributed by atoms with E-state index < -0.39 is 16.8 Å². The zero-order chi connectivity index (χ0) is 18.1. The van der Waals surface area contributed by atoms with Crippen molar-refractivity contribution in [1.82, 2.24) is 0 Å². The van der Waals surface area contributed by atoms with Crippen LogP contribution < -0.4 is 5.73 Å².